The van der Waals surface area contributed by atoms with Crippen LogP contribution in [0.3, 0.4) is 0 Å². The number of nitrogens with one attached hydrogen (secondary N) is 1. The van der Waals surface area contributed by atoms with E-state index in [1.165, 1.54) is 5.56 Å². The van der Waals surface area contributed by atoms with E-state index < -0.39 is 0 Å². The normalized spacial score (nSPS) is 15.2. The molecule has 0 radical (unpaired) electrons. The lowest BCUT2D eigenvalue weighted by Gasteiger charge is -2.31. The number of aryl methyl sites for hydroxylation is 1. The molecule has 1 aromatic heterocycles. The Balaban J connectivity index is 1.34. The summed E-state index contributed by atoms with van der Waals surface area (Å²) in [5, 5.41) is 0.963. The SMILES string of the molecule is Cc1ccc2nc(C3CCN(C(=O)COc4cc(Cl)ccc4Cl)CC3)[nH]c2c1. The summed E-state index contributed by atoms with van der Waals surface area (Å²) < 4.78 is 5.57. The number of aromatic nitrogens is 2. The molecule has 4 rings (SSSR count). The zero-order valence-corrected chi connectivity index (χ0v) is 17.1. The number of fused-ring (bicyclic) bond motifs is 1. The van der Waals surface area contributed by atoms with E-state index in [-0.39, 0.29) is 12.5 Å². The fraction of sp³-hybridized carbons (Fsp3) is 0.333. The number of halogens is 2. The maximum absolute atomic E-state index is 12.5. The molecule has 5 nitrogen and oxygen atoms in total. The number of H-pyrrole nitrogens is 1. The molecule has 0 unspecified atom stereocenters. The molecule has 0 aliphatic carbocycles. The van der Waals surface area contributed by atoms with Gasteiger partial charge in [-0.1, -0.05) is 29.3 Å². The van der Waals surface area contributed by atoms with Gasteiger partial charge in [0.05, 0.1) is 16.1 Å². The van der Waals surface area contributed by atoms with Crippen LogP contribution in [0.2, 0.25) is 10.0 Å². The van der Waals surface area contributed by atoms with Crippen molar-refractivity contribution in [3.05, 3.63) is 57.8 Å². The van der Waals surface area contributed by atoms with Crippen molar-refractivity contribution in [2.75, 3.05) is 19.7 Å². The van der Waals surface area contributed by atoms with Crippen LogP contribution in [-0.4, -0.2) is 40.5 Å². The third-order valence-corrected chi connectivity index (χ3v) is 5.68. The molecule has 1 aliphatic rings. The van der Waals surface area contributed by atoms with Crippen LogP contribution < -0.4 is 4.74 Å². The minimum atomic E-state index is -0.0470. The molecule has 7 heteroatoms. The molecular formula is C21H21Cl2N3O2. The third kappa shape index (κ3) is 4.10. The number of nitrogens with zero attached hydrogens (tertiary/aromatic N) is 2. The first kappa shape index (κ1) is 19.1. The smallest absolute Gasteiger partial charge is 0.260 e. The van der Waals surface area contributed by atoms with Crippen LogP contribution in [0.25, 0.3) is 11.0 Å². The molecule has 0 saturated carbocycles. The van der Waals surface area contributed by atoms with Crippen LogP contribution in [0, 0.1) is 6.92 Å². The van der Waals surface area contributed by atoms with Gasteiger partial charge in [0.2, 0.25) is 0 Å². The van der Waals surface area contributed by atoms with E-state index in [9.17, 15) is 4.79 Å². The molecule has 1 aliphatic heterocycles. The molecule has 0 bridgehead atoms. The average Bonchev–Trinajstić information content (AvgIpc) is 3.11. The molecule has 2 heterocycles. The lowest BCUT2D eigenvalue weighted by atomic mass is 9.96. The van der Waals surface area contributed by atoms with E-state index in [0.717, 1.165) is 29.7 Å². The van der Waals surface area contributed by atoms with Crippen molar-refractivity contribution < 1.29 is 9.53 Å². The van der Waals surface area contributed by atoms with Crippen molar-refractivity contribution in [1.82, 2.24) is 14.9 Å². The van der Waals surface area contributed by atoms with Crippen LogP contribution >= 0.6 is 23.2 Å². The summed E-state index contributed by atoms with van der Waals surface area (Å²) in [5.41, 5.74) is 3.27. The number of hydrogen-bond acceptors (Lipinski definition) is 3. The number of carbonyl (C=O) groups excluding carboxylic acids is 1. The summed E-state index contributed by atoms with van der Waals surface area (Å²) >= 11 is 12.0. The molecule has 0 spiro atoms. The van der Waals surface area contributed by atoms with E-state index in [1.807, 2.05) is 11.0 Å². The predicted octanol–water partition coefficient (Wildman–Crippen LogP) is 4.96. The number of ether oxygens (including phenoxy) is 1. The number of amides is 1. The van der Waals surface area contributed by atoms with Crippen molar-refractivity contribution in [2.45, 2.75) is 25.7 Å². The Bertz CT molecular complexity index is 1010. The highest BCUT2D eigenvalue weighted by Crippen LogP contribution is 2.29. The number of piperidine rings is 1. The molecule has 1 saturated heterocycles. The van der Waals surface area contributed by atoms with Gasteiger partial charge in [0.15, 0.2) is 6.61 Å². The molecule has 146 valence electrons. The molecule has 1 fully saturated rings. The van der Waals surface area contributed by atoms with Gasteiger partial charge in [-0.3, -0.25) is 4.79 Å². The first-order chi connectivity index (χ1) is 13.5. The summed E-state index contributed by atoms with van der Waals surface area (Å²) in [6, 6.07) is 11.2. The van der Waals surface area contributed by atoms with Crippen LogP contribution in [0.1, 0.15) is 30.1 Å². The monoisotopic (exact) mass is 417 g/mol. The highest BCUT2D eigenvalue weighted by molar-refractivity contribution is 6.34. The standard InChI is InChI=1S/C21H21Cl2N3O2/c1-13-2-5-17-18(10-13)25-21(24-17)14-6-8-26(9-7-14)20(27)12-28-19-11-15(22)3-4-16(19)23/h2-5,10-11,14H,6-9,12H2,1H3,(H,24,25). The zero-order chi connectivity index (χ0) is 19.7. The van der Waals surface area contributed by atoms with Crippen molar-refractivity contribution >= 4 is 40.1 Å². The minimum absolute atomic E-state index is 0.0466. The summed E-state index contributed by atoms with van der Waals surface area (Å²) in [6.07, 6.45) is 1.75. The Kier molecular flexibility index (Phi) is 5.47. The van der Waals surface area contributed by atoms with Gasteiger partial charge in [0.1, 0.15) is 11.6 Å². The summed E-state index contributed by atoms with van der Waals surface area (Å²) in [5.74, 6) is 1.72. The number of benzene rings is 2. The first-order valence-corrected chi connectivity index (χ1v) is 10.1. The van der Waals surface area contributed by atoms with Crippen molar-refractivity contribution in [3.63, 3.8) is 0 Å². The number of rotatable bonds is 4. The van der Waals surface area contributed by atoms with E-state index in [1.54, 1.807) is 18.2 Å². The zero-order valence-electron chi connectivity index (χ0n) is 15.5. The van der Waals surface area contributed by atoms with Gasteiger partial charge in [-0.2, -0.15) is 0 Å². The highest BCUT2D eigenvalue weighted by Gasteiger charge is 2.26. The molecule has 1 amide bonds. The van der Waals surface area contributed by atoms with E-state index in [2.05, 4.69) is 24.0 Å². The third-order valence-electron chi connectivity index (χ3n) is 5.13. The van der Waals surface area contributed by atoms with Gasteiger partial charge in [0, 0.05) is 30.1 Å². The van der Waals surface area contributed by atoms with Gasteiger partial charge in [0.25, 0.3) is 5.91 Å². The fourth-order valence-corrected chi connectivity index (χ4v) is 3.89. The Morgan fingerprint density at radius 2 is 2.00 bits per heavy atom. The van der Waals surface area contributed by atoms with Gasteiger partial charge >= 0.3 is 0 Å². The van der Waals surface area contributed by atoms with Crippen molar-refractivity contribution in [3.8, 4) is 5.75 Å². The maximum Gasteiger partial charge on any atom is 0.260 e. The lowest BCUT2D eigenvalue weighted by molar-refractivity contribution is -0.134. The average molecular weight is 418 g/mol. The molecule has 2 aromatic carbocycles. The van der Waals surface area contributed by atoms with Crippen LogP contribution in [0.15, 0.2) is 36.4 Å². The van der Waals surface area contributed by atoms with Gasteiger partial charge < -0.3 is 14.6 Å². The van der Waals surface area contributed by atoms with Crippen molar-refractivity contribution in [1.29, 1.82) is 0 Å². The molecule has 28 heavy (non-hydrogen) atoms. The second-order valence-corrected chi connectivity index (χ2v) is 8.00. The van der Waals surface area contributed by atoms with Crippen LogP contribution in [-0.2, 0) is 4.79 Å². The first-order valence-electron chi connectivity index (χ1n) is 9.31. The minimum Gasteiger partial charge on any atom is -0.482 e. The Labute approximate surface area is 173 Å². The van der Waals surface area contributed by atoms with E-state index in [4.69, 9.17) is 32.9 Å². The predicted molar refractivity (Wildman–Crippen MR) is 111 cm³/mol. The molecule has 3 aromatic rings. The van der Waals surface area contributed by atoms with Crippen LogP contribution in [0.5, 0.6) is 5.75 Å². The number of imidazole rings is 1. The van der Waals surface area contributed by atoms with Gasteiger partial charge in [-0.15, -0.1) is 0 Å². The molecule has 0 atom stereocenters. The Morgan fingerprint density at radius 3 is 2.79 bits per heavy atom. The molecular weight excluding hydrogens is 397 g/mol. The number of aromatic amines is 1. The lowest BCUT2D eigenvalue weighted by Crippen LogP contribution is -2.40. The van der Waals surface area contributed by atoms with Gasteiger partial charge in [-0.25, -0.2) is 4.98 Å². The van der Waals surface area contributed by atoms with Crippen LogP contribution in [0.4, 0.5) is 0 Å². The highest BCUT2D eigenvalue weighted by atomic mass is 35.5. The Morgan fingerprint density at radius 1 is 1.21 bits per heavy atom. The number of likely N-dealkylation sites (tertiary alicyclic amines) is 1. The maximum atomic E-state index is 12.5. The Hall–Kier alpha value is -2.24. The van der Waals surface area contributed by atoms with E-state index >= 15 is 0 Å². The second kappa shape index (κ2) is 8.02. The quantitative estimate of drug-likeness (QED) is 0.652. The number of hydrogen-bond donors (Lipinski definition) is 1. The summed E-state index contributed by atoms with van der Waals surface area (Å²) in [7, 11) is 0. The van der Waals surface area contributed by atoms with Gasteiger partial charge in [-0.05, 0) is 49.6 Å². The largest absolute Gasteiger partial charge is 0.482 e. The fourth-order valence-electron chi connectivity index (χ4n) is 3.56. The summed E-state index contributed by atoms with van der Waals surface area (Å²) in [6.45, 7) is 3.40. The second-order valence-electron chi connectivity index (χ2n) is 7.16. The van der Waals surface area contributed by atoms with E-state index in [0.29, 0.717) is 34.8 Å². The molecule has 1 N–H and O–H groups in total. The van der Waals surface area contributed by atoms with Crippen molar-refractivity contribution in [2.24, 2.45) is 0 Å². The number of carbonyl (C=O) groups is 1. The summed E-state index contributed by atoms with van der Waals surface area (Å²) in [4.78, 5) is 22.5. The topological polar surface area (TPSA) is 58.2 Å².